The van der Waals surface area contributed by atoms with Gasteiger partial charge in [0, 0.05) is 19.2 Å². The molecule has 0 aliphatic heterocycles. The van der Waals surface area contributed by atoms with Crippen LogP contribution in [0, 0.1) is 5.82 Å². The molecule has 20 heavy (non-hydrogen) atoms. The molecule has 0 saturated heterocycles. The van der Waals surface area contributed by atoms with E-state index in [1.807, 2.05) is 14.0 Å². The van der Waals surface area contributed by atoms with Crippen LogP contribution in [0.5, 0.6) is 5.75 Å². The number of benzene rings is 1. The van der Waals surface area contributed by atoms with Crippen LogP contribution in [-0.4, -0.2) is 9.78 Å². The van der Waals surface area contributed by atoms with Gasteiger partial charge in [0.05, 0.1) is 16.4 Å². The summed E-state index contributed by atoms with van der Waals surface area (Å²) in [5.74, 6) is 0.230. The van der Waals surface area contributed by atoms with E-state index in [2.05, 4.69) is 5.10 Å². The minimum absolute atomic E-state index is 0.215. The molecule has 1 aromatic carbocycles. The molecule has 4 nitrogen and oxygen atoms in total. The average Bonchev–Trinajstić information content (AvgIpc) is 2.72. The highest BCUT2D eigenvalue weighted by Crippen LogP contribution is 2.24. The Hall–Kier alpha value is -1.59. The van der Waals surface area contributed by atoms with E-state index in [1.165, 1.54) is 12.1 Å². The Balaban J connectivity index is 2.19. The number of halogens is 2. The molecule has 2 rings (SSSR count). The number of aryl methyl sites for hydroxylation is 2. The minimum atomic E-state index is -0.329. The van der Waals surface area contributed by atoms with Crippen LogP contribution in [0.4, 0.5) is 4.39 Å². The summed E-state index contributed by atoms with van der Waals surface area (Å²) in [5.41, 5.74) is 7.83. The van der Waals surface area contributed by atoms with Crippen molar-refractivity contribution < 1.29 is 9.13 Å². The summed E-state index contributed by atoms with van der Waals surface area (Å²) in [6.45, 7) is 2.47. The summed E-state index contributed by atoms with van der Waals surface area (Å²) >= 11 is 6.25. The lowest BCUT2D eigenvalue weighted by Crippen LogP contribution is -2.06. The second-order valence-corrected chi connectivity index (χ2v) is 4.81. The van der Waals surface area contributed by atoms with Crippen LogP contribution < -0.4 is 10.5 Å². The van der Waals surface area contributed by atoms with E-state index in [0.717, 1.165) is 17.8 Å². The fourth-order valence-corrected chi connectivity index (χ4v) is 2.32. The molecule has 6 heteroatoms. The van der Waals surface area contributed by atoms with Gasteiger partial charge in [-0.25, -0.2) is 4.39 Å². The highest BCUT2D eigenvalue weighted by Gasteiger charge is 2.14. The third kappa shape index (κ3) is 2.94. The first-order valence-electron chi connectivity index (χ1n) is 6.38. The fraction of sp³-hybridized carbons (Fsp3) is 0.357. The molecule has 0 aliphatic carbocycles. The number of hydrogen-bond acceptors (Lipinski definition) is 3. The zero-order chi connectivity index (χ0) is 14.7. The van der Waals surface area contributed by atoms with Gasteiger partial charge in [0.15, 0.2) is 0 Å². The Kier molecular flexibility index (Phi) is 4.62. The van der Waals surface area contributed by atoms with Gasteiger partial charge in [0.2, 0.25) is 0 Å². The van der Waals surface area contributed by atoms with E-state index in [-0.39, 0.29) is 19.0 Å². The van der Waals surface area contributed by atoms with E-state index in [4.69, 9.17) is 22.1 Å². The Morgan fingerprint density at radius 3 is 2.80 bits per heavy atom. The minimum Gasteiger partial charge on any atom is -0.487 e. The van der Waals surface area contributed by atoms with Crippen molar-refractivity contribution in [2.24, 2.45) is 12.8 Å². The molecule has 0 spiro atoms. The van der Waals surface area contributed by atoms with Crippen LogP contribution in [0.25, 0.3) is 0 Å². The number of hydrogen-bond donors (Lipinski definition) is 1. The van der Waals surface area contributed by atoms with E-state index in [1.54, 1.807) is 10.7 Å². The van der Waals surface area contributed by atoms with Crippen molar-refractivity contribution >= 4 is 11.6 Å². The first kappa shape index (κ1) is 14.8. The van der Waals surface area contributed by atoms with Crippen LogP contribution in [0.2, 0.25) is 5.02 Å². The molecule has 0 unspecified atom stereocenters. The van der Waals surface area contributed by atoms with Gasteiger partial charge < -0.3 is 10.5 Å². The quantitative estimate of drug-likeness (QED) is 0.923. The summed E-state index contributed by atoms with van der Waals surface area (Å²) < 4.78 is 20.5. The molecule has 0 saturated carbocycles. The molecule has 0 amide bonds. The molecule has 2 aromatic rings. The number of ether oxygens (including phenoxy) is 1. The Morgan fingerprint density at radius 2 is 2.20 bits per heavy atom. The zero-order valence-electron chi connectivity index (χ0n) is 11.5. The van der Waals surface area contributed by atoms with Crippen molar-refractivity contribution in [2.75, 3.05) is 0 Å². The topological polar surface area (TPSA) is 53.1 Å². The first-order valence-corrected chi connectivity index (χ1v) is 6.76. The molecular formula is C14H17ClFN3O. The lowest BCUT2D eigenvalue weighted by Gasteiger charge is -2.11. The fourth-order valence-electron chi connectivity index (χ4n) is 1.97. The maximum absolute atomic E-state index is 13.1. The second-order valence-electron chi connectivity index (χ2n) is 4.43. The lowest BCUT2D eigenvalue weighted by atomic mass is 10.2. The summed E-state index contributed by atoms with van der Waals surface area (Å²) in [6, 6.07) is 4.29. The molecular weight excluding hydrogens is 281 g/mol. The standard InChI is InChI=1S/C14H17ClFN3O/c1-3-11-14(15)12(19(2)18-11)8-20-13-5-4-10(16)6-9(13)7-17/h4-6H,3,7-8,17H2,1-2H3. The van der Waals surface area contributed by atoms with Crippen molar-refractivity contribution in [1.82, 2.24) is 9.78 Å². The maximum atomic E-state index is 13.1. The summed E-state index contributed by atoms with van der Waals surface area (Å²) in [6.07, 6.45) is 0.761. The van der Waals surface area contributed by atoms with E-state index < -0.39 is 0 Å². The summed E-state index contributed by atoms with van der Waals surface area (Å²) in [4.78, 5) is 0. The molecule has 0 atom stereocenters. The molecule has 0 bridgehead atoms. The molecule has 2 N–H and O–H groups in total. The Labute approximate surface area is 122 Å². The van der Waals surface area contributed by atoms with Crippen LogP contribution >= 0.6 is 11.6 Å². The molecule has 0 radical (unpaired) electrons. The molecule has 0 aliphatic rings. The van der Waals surface area contributed by atoms with Gasteiger partial charge in [-0.1, -0.05) is 18.5 Å². The maximum Gasteiger partial charge on any atom is 0.131 e. The third-order valence-electron chi connectivity index (χ3n) is 3.11. The summed E-state index contributed by atoms with van der Waals surface area (Å²) in [7, 11) is 1.82. The van der Waals surface area contributed by atoms with Crippen LogP contribution in [-0.2, 0) is 26.6 Å². The Bertz CT molecular complexity index is 613. The summed E-state index contributed by atoms with van der Waals surface area (Å²) in [5, 5.41) is 4.93. The smallest absolute Gasteiger partial charge is 0.131 e. The van der Waals surface area contributed by atoms with Crippen molar-refractivity contribution in [3.63, 3.8) is 0 Å². The molecule has 1 heterocycles. The van der Waals surface area contributed by atoms with E-state index in [0.29, 0.717) is 16.3 Å². The number of nitrogens with two attached hydrogens (primary N) is 1. The van der Waals surface area contributed by atoms with Gasteiger partial charge in [-0.3, -0.25) is 4.68 Å². The van der Waals surface area contributed by atoms with Crippen molar-refractivity contribution in [3.05, 3.63) is 46.0 Å². The SMILES string of the molecule is CCc1nn(C)c(COc2ccc(F)cc2CN)c1Cl. The monoisotopic (exact) mass is 297 g/mol. The number of aromatic nitrogens is 2. The zero-order valence-corrected chi connectivity index (χ0v) is 12.2. The normalized spacial score (nSPS) is 10.8. The largest absolute Gasteiger partial charge is 0.487 e. The van der Waals surface area contributed by atoms with Gasteiger partial charge in [0.25, 0.3) is 0 Å². The highest BCUT2D eigenvalue weighted by atomic mass is 35.5. The van der Waals surface area contributed by atoms with Crippen LogP contribution in [0.15, 0.2) is 18.2 Å². The third-order valence-corrected chi connectivity index (χ3v) is 3.55. The molecule has 108 valence electrons. The predicted octanol–water partition coefficient (Wildman–Crippen LogP) is 2.81. The van der Waals surface area contributed by atoms with Gasteiger partial charge >= 0.3 is 0 Å². The van der Waals surface area contributed by atoms with E-state index in [9.17, 15) is 4.39 Å². The van der Waals surface area contributed by atoms with Crippen LogP contribution in [0.3, 0.4) is 0 Å². The lowest BCUT2D eigenvalue weighted by molar-refractivity contribution is 0.291. The van der Waals surface area contributed by atoms with Gasteiger partial charge in [-0.15, -0.1) is 0 Å². The highest BCUT2D eigenvalue weighted by molar-refractivity contribution is 6.31. The second kappa shape index (κ2) is 6.24. The van der Waals surface area contributed by atoms with Gasteiger partial charge in [-0.05, 0) is 24.6 Å². The van der Waals surface area contributed by atoms with Crippen molar-refractivity contribution in [1.29, 1.82) is 0 Å². The van der Waals surface area contributed by atoms with Gasteiger partial charge in [-0.2, -0.15) is 5.10 Å². The van der Waals surface area contributed by atoms with Crippen molar-refractivity contribution in [2.45, 2.75) is 26.5 Å². The molecule has 1 aromatic heterocycles. The number of nitrogens with zero attached hydrogens (tertiary/aromatic N) is 2. The predicted molar refractivity (Wildman–Crippen MR) is 76.2 cm³/mol. The van der Waals surface area contributed by atoms with E-state index >= 15 is 0 Å². The van der Waals surface area contributed by atoms with Gasteiger partial charge in [0.1, 0.15) is 18.2 Å². The van der Waals surface area contributed by atoms with Crippen LogP contribution in [0.1, 0.15) is 23.9 Å². The van der Waals surface area contributed by atoms with Crippen molar-refractivity contribution in [3.8, 4) is 5.75 Å². The average molecular weight is 298 g/mol. The first-order chi connectivity index (χ1) is 9.56. The molecule has 0 fully saturated rings. The number of rotatable bonds is 5. The Morgan fingerprint density at radius 1 is 1.45 bits per heavy atom.